The van der Waals surface area contributed by atoms with Gasteiger partial charge in [-0.15, -0.1) is 0 Å². The van der Waals surface area contributed by atoms with Gasteiger partial charge in [-0.1, -0.05) is 30.3 Å². The fraction of sp³-hybridized carbons (Fsp3) is 0.176. The number of rotatable bonds is 5. The van der Waals surface area contributed by atoms with E-state index in [0.29, 0.717) is 11.5 Å². The van der Waals surface area contributed by atoms with Gasteiger partial charge in [0.2, 0.25) is 0 Å². The van der Waals surface area contributed by atoms with Crippen molar-refractivity contribution in [3.8, 4) is 11.3 Å². The molecule has 108 valence electrons. The Kier molecular flexibility index (Phi) is 4.72. The standard InChI is InChI=1S/C17H16O4/c1-3-20-17(19)15(12(2)18)11-14-9-10-16(21-14)13-7-5-4-6-8-13/h4-11H,3H2,1-2H3/b15-11-. The number of hydrogen-bond acceptors (Lipinski definition) is 4. The summed E-state index contributed by atoms with van der Waals surface area (Å²) >= 11 is 0. The van der Waals surface area contributed by atoms with Crippen molar-refractivity contribution < 1.29 is 18.7 Å². The van der Waals surface area contributed by atoms with E-state index >= 15 is 0 Å². The van der Waals surface area contributed by atoms with Crippen LogP contribution in [0.3, 0.4) is 0 Å². The van der Waals surface area contributed by atoms with E-state index in [1.165, 1.54) is 13.0 Å². The largest absolute Gasteiger partial charge is 0.462 e. The maximum absolute atomic E-state index is 11.7. The van der Waals surface area contributed by atoms with Gasteiger partial charge < -0.3 is 9.15 Å². The smallest absolute Gasteiger partial charge is 0.341 e. The first-order chi connectivity index (χ1) is 10.1. The summed E-state index contributed by atoms with van der Waals surface area (Å²) in [5.41, 5.74) is 0.906. The van der Waals surface area contributed by atoms with Gasteiger partial charge in [-0.2, -0.15) is 0 Å². The predicted octanol–water partition coefficient (Wildman–Crippen LogP) is 3.48. The van der Waals surface area contributed by atoms with E-state index in [0.717, 1.165) is 5.56 Å². The number of carbonyl (C=O) groups excluding carboxylic acids is 2. The van der Waals surface area contributed by atoms with Crippen molar-refractivity contribution in [2.45, 2.75) is 13.8 Å². The summed E-state index contributed by atoms with van der Waals surface area (Å²) in [6, 6.07) is 13.1. The molecule has 0 amide bonds. The van der Waals surface area contributed by atoms with E-state index in [1.807, 2.05) is 30.3 Å². The van der Waals surface area contributed by atoms with Crippen molar-refractivity contribution in [1.29, 1.82) is 0 Å². The molecule has 2 rings (SSSR count). The Balaban J connectivity index is 2.29. The average molecular weight is 284 g/mol. The highest BCUT2D eigenvalue weighted by Gasteiger charge is 2.16. The summed E-state index contributed by atoms with van der Waals surface area (Å²) in [6.45, 7) is 3.23. The topological polar surface area (TPSA) is 56.5 Å². The molecule has 0 aliphatic carbocycles. The van der Waals surface area contributed by atoms with Gasteiger partial charge in [-0.25, -0.2) is 4.79 Å². The SMILES string of the molecule is CCOC(=O)/C(=C\c1ccc(-c2ccccc2)o1)C(C)=O. The second-order valence-electron chi connectivity index (χ2n) is 4.40. The number of ketones is 1. The van der Waals surface area contributed by atoms with Crippen molar-refractivity contribution in [2.75, 3.05) is 6.61 Å². The minimum absolute atomic E-state index is 0.0224. The Morgan fingerprint density at radius 1 is 1.14 bits per heavy atom. The Hall–Kier alpha value is -2.62. The average Bonchev–Trinajstić information content (AvgIpc) is 2.94. The van der Waals surface area contributed by atoms with Gasteiger partial charge >= 0.3 is 5.97 Å². The molecule has 1 aromatic heterocycles. The number of furan rings is 1. The Morgan fingerprint density at radius 3 is 2.48 bits per heavy atom. The van der Waals surface area contributed by atoms with Crippen LogP contribution in [-0.4, -0.2) is 18.4 Å². The van der Waals surface area contributed by atoms with Gasteiger partial charge in [0.25, 0.3) is 0 Å². The van der Waals surface area contributed by atoms with E-state index in [1.54, 1.807) is 19.1 Å². The van der Waals surface area contributed by atoms with Crippen LogP contribution in [-0.2, 0) is 14.3 Å². The summed E-state index contributed by atoms with van der Waals surface area (Å²) in [5, 5.41) is 0. The predicted molar refractivity (Wildman–Crippen MR) is 79.4 cm³/mol. The molecule has 4 heteroatoms. The lowest BCUT2D eigenvalue weighted by atomic mass is 10.1. The highest BCUT2D eigenvalue weighted by molar-refractivity contribution is 6.19. The van der Waals surface area contributed by atoms with Crippen LogP contribution < -0.4 is 0 Å². The summed E-state index contributed by atoms with van der Waals surface area (Å²) < 4.78 is 10.5. The Morgan fingerprint density at radius 2 is 1.86 bits per heavy atom. The van der Waals surface area contributed by atoms with Crippen molar-refractivity contribution in [3.63, 3.8) is 0 Å². The number of hydrogen-bond donors (Lipinski definition) is 0. The summed E-state index contributed by atoms with van der Waals surface area (Å²) in [6.07, 6.45) is 1.41. The summed E-state index contributed by atoms with van der Waals surface area (Å²) in [4.78, 5) is 23.2. The van der Waals surface area contributed by atoms with Crippen LogP contribution in [0.15, 0.2) is 52.5 Å². The minimum atomic E-state index is -0.636. The van der Waals surface area contributed by atoms with Crippen LogP contribution >= 0.6 is 0 Å². The first kappa shape index (κ1) is 14.8. The fourth-order valence-corrected chi connectivity index (χ4v) is 1.84. The molecule has 0 saturated heterocycles. The van der Waals surface area contributed by atoms with E-state index in [4.69, 9.17) is 9.15 Å². The summed E-state index contributed by atoms with van der Waals surface area (Å²) in [7, 11) is 0. The monoisotopic (exact) mass is 284 g/mol. The zero-order valence-electron chi connectivity index (χ0n) is 12.0. The number of Topliss-reactive ketones (excluding diaryl/α,β-unsaturated/α-hetero) is 1. The third-order valence-electron chi connectivity index (χ3n) is 2.85. The molecule has 0 unspecified atom stereocenters. The zero-order valence-corrected chi connectivity index (χ0v) is 12.0. The van der Waals surface area contributed by atoms with E-state index in [9.17, 15) is 9.59 Å². The van der Waals surface area contributed by atoms with Crippen LogP contribution in [0.5, 0.6) is 0 Å². The molecule has 1 aromatic carbocycles. The first-order valence-electron chi connectivity index (χ1n) is 6.67. The molecule has 0 spiro atoms. The number of ether oxygens (including phenoxy) is 1. The first-order valence-corrected chi connectivity index (χ1v) is 6.67. The maximum Gasteiger partial charge on any atom is 0.341 e. The summed E-state index contributed by atoms with van der Waals surface area (Å²) in [5.74, 6) is 0.120. The molecule has 0 atom stereocenters. The van der Waals surface area contributed by atoms with Crippen molar-refractivity contribution in [1.82, 2.24) is 0 Å². The molecule has 0 aliphatic rings. The van der Waals surface area contributed by atoms with Gasteiger partial charge in [0.1, 0.15) is 17.1 Å². The van der Waals surface area contributed by atoms with Gasteiger partial charge in [0.05, 0.1) is 6.61 Å². The molecule has 0 aliphatic heterocycles. The van der Waals surface area contributed by atoms with Gasteiger partial charge in [-0.05, 0) is 32.1 Å². The minimum Gasteiger partial charge on any atom is -0.462 e. The normalized spacial score (nSPS) is 11.2. The molecule has 0 fully saturated rings. The lowest BCUT2D eigenvalue weighted by Crippen LogP contribution is -2.13. The van der Waals surface area contributed by atoms with Gasteiger partial charge in [-0.3, -0.25) is 4.79 Å². The van der Waals surface area contributed by atoms with Crippen molar-refractivity contribution in [2.24, 2.45) is 0 Å². The molecule has 0 radical (unpaired) electrons. The number of esters is 1. The molecular weight excluding hydrogens is 268 g/mol. The van der Waals surface area contributed by atoms with Gasteiger partial charge in [0, 0.05) is 5.56 Å². The third-order valence-corrected chi connectivity index (χ3v) is 2.85. The molecular formula is C17H16O4. The van der Waals surface area contributed by atoms with E-state index in [-0.39, 0.29) is 18.0 Å². The highest BCUT2D eigenvalue weighted by Crippen LogP contribution is 2.23. The zero-order chi connectivity index (χ0) is 15.2. The molecule has 0 saturated carbocycles. The van der Waals surface area contributed by atoms with Crippen LogP contribution in [0.25, 0.3) is 17.4 Å². The molecule has 21 heavy (non-hydrogen) atoms. The maximum atomic E-state index is 11.7. The molecule has 4 nitrogen and oxygen atoms in total. The van der Waals surface area contributed by atoms with Crippen LogP contribution in [0.1, 0.15) is 19.6 Å². The second kappa shape index (κ2) is 6.70. The molecule has 0 bridgehead atoms. The lowest BCUT2D eigenvalue weighted by molar-refractivity contribution is -0.139. The Bertz CT molecular complexity index is 665. The molecule has 2 aromatic rings. The highest BCUT2D eigenvalue weighted by atomic mass is 16.5. The number of benzene rings is 1. The van der Waals surface area contributed by atoms with E-state index in [2.05, 4.69) is 0 Å². The Labute approximate surface area is 123 Å². The quantitative estimate of drug-likeness (QED) is 0.365. The molecule has 1 heterocycles. The van der Waals surface area contributed by atoms with Gasteiger partial charge in [0.15, 0.2) is 5.78 Å². The fourth-order valence-electron chi connectivity index (χ4n) is 1.84. The van der Waals surface area contributed by atoms with E-state index < -0.39 is 5.97 Å². The number of carbonyl (C=O) groups is 2. The third kappa shape index (κ3) is 3.69. The van der Waals surface area contributed by atoms with Crippen molar-refractivity contribution in [3.05, 3.63) is 53.8 Å². The van der Waals surface area contributed by atoms with Crippen molar-refractivity contribution >= 4 is 17.8 Å². The molecule has 0 N–H and O–H groups in total. The van der Waals surface area contributed by atoms with Crippen LogP contribution in [0, 0.1) is 0 Å². The van der Waals surface area contributed by atoms with Crippen LogP contribution in [0.4, 0.5) is 0 Å². The second-order valence-corrected chi connectivity index (χ2v) is 4.40. The lowest BCUT2D eigenvalue weighted by Gasteiger charge is -2.02. The van der Waals surface area contributed by atoms with Crippen LogP contribution in [0.2, 0.25) is 0 Å².